The molecule has 0 aliphatic heterocycles. The molecule has 0 radical (unpaired) electrons. The molecule has 0 aliphatic carbocycles. The number of amides is 1. The summed E-state index contributed by atoms with van der Waals surface area (Å²) in [6.45, 7) is 4.11. The quantitative estimate of drug-likeness (QED) is 0.0369. The van der Waals surface area contributed by atoms with Crippen molar-refractivity contribution in [3.63, 3.8) is 0 Å². The molecule has 0 aromatic heterocycles. The van der Waals surface area contributed by atoms with Gasteiger partial charge in [-0.05, 0) is 77.0 Å². The highest BCUT2D eigenvalue weighted by Crippen LogP contribution is 2.15. The summed E-state index contributed by atoms with van der Waals surface area (Å²) in [7, 11) is 0. The van der Waals surface area contributed by atoms with Crippen LogP contribution in [0.5, 0.6) is 0 Å². The van der Waals surface area contributed by atoms with Crippen molar-refractivity contribution >= 4 is 5.91 Å². The average molecular weight is 758 g/mol. The molecular weight excluding hydrogens is 667 g/mol. The lowest BCUT2D eigenvalue weighted by Crippen LogP contribution is -2.50. The van der Waals surface area contributed by atoms with Gasteiger partial charge in [0.05, 0.1) is 18.8 Å². The number of rotatable bonds is 42. The van der Waals surface area contributed by atoms with Gasteiger partial charge in [-0.25, -0.2) is 0 Å². The number of allylic oxidation sites excluding steroid dienone is 8. The molecule has 0 rings (SSSR count). The van der Waals surface area contributed by atoms with E-state index in [0.717, 1.165) is 57.8 Å². The van der Waals surface area contributed by atoms with Gasteiger partial charge in [0.1, 0.15) is 6.10 Å². The summed E-state index contributed by atoms with van der Waals surface area (Å²) in [5, 5.41) is 33.4. The summed E-state index contributed by atoms with van der Waals surface area (Å²) < 4.78 is 0. The molecule has 0 spiro atoms. The van der Waals surface area contributed by atoms with E-state index in [2.05, 4.69) is 67.8 Å². The number of carbonyl (C=O) groups is 1. The van der Waals surface area contributed by atoms with E-state index in [1.165, 1.54) is 148 Å². The lowest BCUT2D eigenvalue weighted by Gasteiger charge is -2.26. The van der Waals surface area contributed by atoms with Crippen LogP contribution in [0.25, 0.3) is 0 Å². The van der Waals surface area contributed by atoms with Crippen LogP contribution in [0.3, 0.4) is 0 Å². The van der Waals surface area contributed by atoms with E-state index < -0.39 is 18.2 Å². The molecular formula is C49H91NO4. The number of hydrogen-bond acceptors (Lipinski definition) is 4. The van der Waals surface area contributed by atoms with Gasteiger partial charge in [-0.1, -0.05) is 197 Å². The first-order valence-electron chi connectivity index (χ1n) is 23.4. The first-order chi connectivity index (χ1) is 26.6. The monoisotopic (exact) mass is 758 g/mol. The Kier molecular flexibility index (Phi) is 42.7. The van der Waals surface area contributed by atoms with Gasteiger partial charge in [0, 0.05) is 6.42 Å². The third kappa shape index (κ3) is 38.6. The first kappa shape index (κ1) is 52.3. The molecule has 3 atom stereocenters. The van der Waals surface area contributed by atoms with Gasteiger partial charge in [0.25, 0.3) is 0 Å². The normalized spacial score (nSPS) is 13.9. The van der Waals surface area contributed by atoms with Gasteiger partial charge in [-0.2, -0.15) is 0 Å². The van der Waals surface area contributed by atoms with E-state index in [0.29, 0.717) is 12.8 Å². The van der Waals surface area contributed by atoms with Crippen LogP contribution in [0.4, 0.5) is 0 Å². The topological polar surface area (TPSA) is 89.8 Å². The molecule has 4 N–H and O–H groups in total. The third-order valence-electron chi connectivity index (χ3n) is 10.6. The first-order valence-corrected chi connectivity index (χ1v) is 23.4. The molecule has 3 unspecified atom stereocenters. The van der Waals surface area contributed by atoms with E-state index in [1.54, 1.807) is 0 Å². The van der Waals surface area contributed by atoms with Crippen molar-refractivity contribution in [2.24, 2.45) is 0 Å². The molecule has 0 saturated carbocycles. The Bertz CT molecular complexity index is 881. The molecule has 0 aromatic rings. The fourth-order valence-corrected chi connectivity index (χ4v) is 6.96. The maximum atomic E-state index is 12.4. The van der Waals surface area contributed by atoms with Crippen molar-refractivity contribution in [3.8, 4) is 0 Å². The zero-order valence-corrected chi connectivity index (χ0v) is 35.8. The van der Waals surface area contributed by atoms with Crippen molar-refractivity contribution in [1.82, 2.24) is 5.32 Å². The van der Waals surface area contributed by atoms with Gasteiger partial charge in [-0.3, -0.25) is 4.79 Å². The molecule has 1 amide bonds. The molecule has 316 valence electrons. The van der Waals surface area contributed by atoms with Crippen LogP contribution in [0, 0.1) is 0 Å². The van der Waals surface area contributed by atoms with Crippen molar-refractivity contribution in [1.29, 1.82) is 0 Å². The van der Waals surface area contributed by atoms with E-state index in [1.807, 2.05) is 0 Å². The van der Waals surface area contributed by atoms with Gasteiger partial charge in [0.2, 0.25) is 5.91 Å². The smallest absolute Gasteiger partial charge is 0.220 e. The number of aliphatic hydroxyl groups is 3. The zero-order valence-electron chi connectivity index (χ0n) is 35.8. The standard InChI is InChI=1S/C49H91NO4/c1-3-5-7-9-11-13-15-16-17-18-19-20-21-22-23-24-25-26-27-28-29-30-31-32-34-36-38-40-42-44-48(53)50-46(45-51)49(54)47(52)43-41-39-37-35-33-14-12-10-8-6-4-2/h10,12,19-20,22-23,35,37,46-47,49,51-52,54H,3-9,11,13-18,21,24-34,36,38-45H2,1-2H3,(H,50,53)/b12-10+,20-19-,23-22-,37-35+. The van der Waals surface area contributed by atoms with Crippen LogP contribution in [-0.2, 0) is 4.79 Å². The highest BCUT2D eigenvalue weighted by Gasteiger charge is 2.26. The van der Waals surface area contributed by atoms with E-state index in [9.17, 15) is 20.1 Å². The third-order valence-corrected chi connectivity index (χ3v) is 10.6. The summed E-state index contributed by atoms with van der Waals surface area (Å²) in [6, 6.07) is -0.832. The minimum atomic E-state index is -1.17. The minimum absolute atomic E-state index is 0.161. The molecule has 0 bridgehead atoms. The van der Waals surface area contributed by atoms with Gasteiger partial charge in [0.15, 0.2) is 0 Å². The Morgan fingerprint density at radius 3 is 1.30 bits per heavy atom. The number of carbonyl (C=O) groups excluding carboxylic acids is 1. The molecule has 0 saturated heterocycles. The number of hydrogen-bond donors (Lipinski definition) is 4. The van der Waals surface area contributed by atoms with E-state index in [4.69, 9.17) is 0 Å². The summed E-state index contributed by atoms with van der Waals surface area (Å²) >= 11 is 0. The van der Waals surface area contributed by atoms with Gasteiger partial charge >= 0.3 is 0 Å². The molecule has 0 aliphatic rings. The Morgan fingerprint density at radius 2 is 0.833 bits per heavy atom. The SMILES string of the molecule is CCCC/C=C/CC/C=C/CCCC(O)C(O)C(CO)NC(=O)CCCCCCCCCCCCCCC/C=C\C/C=C\CCCCCCCCCCC. The van der Waals surface area contributed by atoms with Crippen LogP contribution in [-0.4, -0.2) is 46.1 Å². The zero-order chi connectivity index (χ0) is 39.4. The van der Waals surface area contributed by atoms with Crippen molar-refractivity contribution in [2.45, 2.75) is 250 Å². The lowest BCUT2D eigenvalue weighted by molar-refractivity contribution is -0.124. The van der Waals surface area contributed by atoms with Crippen LogP contribution in [0.15, 0.2) is 48.6 Å². The van der Waals surface area contributed by atoms with Gasteiger partial charge < -0.3 is 20.6 Å². The van der Waals surface area contributed by atoms with E-state index >= 15 is 0 Å². The van der Waals surface area contributed by atoms with Crippen molar-refractivity contribution in [2.75, 3.05) is 6.61 Å². The Hall–Kier alpha value is -1.69. The Labute approximate surface area is 336 Å². The van der Waals surface area contributed by atoms with Crippen LogP contribution in [0.2, 0.25) is 0 Å². The number of aliphatic hydroxyl groups excluding tert-OH is 3. The highest BCUT2D eigenvalue weighted by molar-refractivity contribution is 5.76. The maximum absolute atomic E-state index is 12.4. The highest BCUT2D eigenvalue weighted by atomic mass is 16.3. The lowest BCUT2D eigenvalue weighted by atomic mass is 10.0. The van der Waals surface area contributed by atoms with Crippen LogP contribution in [0.1, 0.15) is 232 Å². The molecule has 54 heavy (non-hydrogen) atoms. The van der Waals surface area contributed by atoms with Crippen LogP contribution < -0.4 is 5.32 Å². The molecule has 5 nitrogen and oxygen atoms in total. The molecule has 0 heterocycles. The molecule has 5 heteroatoms. The molecule has 0 aromatic carbocycles. The summed E-state index contributed by atoms with van der Waals surface area (Å²) in [6.07, 6.45) is 56.7. The second-order valence-corrected chi connectivity index (χ2v) is 15.9. The molecule has 0 fully saturated rings. The largest absolute Gasteiger partial charge is 0.394 e. The minimum Gasteiger partial charge on any atom is -0.394 e. The van der Waals surface area contributed by atoms with Crippen molar-refractivity contribution < 1.29 is 20.1 Å². The van der Waals surface area contributed by atoms with E-state index in [-0.39, 0.29) is 12.5 Å². The fourth-order valence-electron chi connectivity index (χ4n) is 6.96. The van der Waals surface area contributed by atoms with Crippen molar-refractivity contribution in [3.05, 3.63) is 48.6 Å². The number of unbranched alkanes of at least 4 members (excludes halogenated alkanes) is 26. The second-order valence-electron chi connectivity index (χ2n) is 15.9. The Balaban J connectivity index is 3.57. The average Bonchev–Trinajstić information content (AvgIpc) is 3.18. The predicted molar refractivity (Wildman–Crippen MR) is 236 cm³/mol. The number of nitrogens with one attached hydrogen (secondary N) is 1. The summed E-state index contributed by atoms with van der Waals surface area (Å²) in [5.74, 6) is -0.161. The predicted octanol–water partition coefficient (Wildman–Crippen LogP) is 13.7. The second kappa shape index (κ2) is 44.0. The Morgan fingerprint density at radius 1 is 0.463 bits per heavy atom. The summed E-state index contributed by atoms with van der Waals surface area (Å²) in [5.41, 5.74) is 0. The fraction of sp³-hybridized carbons (Fsp3) is 0.816. The summed E-state index contributed by atoms with van der Waals surface area (Å²) in [4.78, 5) is 12.4. The van der Waals surface area contributed by atoms with Gasteiger partial charge in [-0.15, -0.1) is 0 Å². The van der Waals surface area contributed by atoms with Crippen LogP contribution >= 0.6 is 0 Å². The maximum Gasteiger partial charge on any atom is 0.220 e.